The second-order valence-electron chi connectivity index (χ2n) is 3.97. The molecule has 4 N–H and O–H groups in total. The number of carbonyl (C=O) groups excluding carboxylic acids is 1. The van der Waals surface area contributed by atoms with E-state index in [0.717, 1.165) is 12.3 Å². The summed E-state index contributed by atoms with van der Waals surface area (Å²) in [4.78, 5) is 11.7. The highest BCUT2D eigenvalue weighted by atomic mass is 16.3. The Hall–Kier alpha value is -3.02. The molecule has 20 heavy (non-hydrogen) atoms. The van der Waals surface area contributed by atoms with Crippen molar-refractivity contribution in [1.29, 1.82) is 0 Å². The Labute approximate surface area is 114 Å². The summed E-state index contributed by atoms with van der Waals surface area (Å²) in [6.45, 7) is 0. The lowest BCUT2D eigenvalue weighted by molar-refractivity contribution is 0.0955. The van der Waals surface area contributed by atoms with Crippen molar-refractivity contribution in [3.8, 4) is 17.2 Å². The summed E-state index contributed by atoms with van der Waals surface area (Å²) >= 11 is 0. The Morgan fingerprint density at radius 1 is 1.10 bits per heavy atom. The van der Waals surface area contributed by atoms with Crippen LogP contribution >= 0.6 is 0 Å². The molecular formula is C14H12N2O4. The number of phenols is 3. The largest absolute Gasteiger partial charge is 0.508 e. The van der Waals surface area contributed by atoms with Crippen LogP contribution in [0.3, 0.4) is 0 Å². The Bertz CT molecular complexity index is 654. The number of aromatic hydroxyl groups is 3. The predicted octanol–water partition coefficient (Wildman–Crippen LogP) is 1.57. The first-order chi connectivity index (χ1) is 9.58. The SMILES string of the molecule is O=C(N/N=C\c1cc(O)cc(O)c1O)c1ccccc1. The minimum atomic E-state index is -0.471. The molecule has 0 aromatic heterocycles. The van der Waals surface area contributed by atoms with Gasteiger partial charge >= 0.3 is 0 Å². The molecule has 2 rings (SSSR count). The smallest absolute Gasteiger partial charge is 0.271 e. The van der Waals surface area contributed by atoms with E-state index in [1.165, 1.54) is 6.07 Å². The average molecular weight is 272 g/mol. The van der Waals surface area contributed by atoms with Crippen LogP contribution in [0.4, 0.5) is 0 Å². The molecule has 0 atom stereocenters. The number of amides is 1. The van der Waals surface area contributed by atoms with E-state index in [1.807, 2.05) is 0 Å². The number of hydrogen-bond donors (Lipinski definition) is 4. The van der Waals surface area contributed by atoms with Gasteiger partial charge in [-0.15, -0.1) is 0 Å². The highest BCUT2D eigenvalue weighted by Crippen LogP contribution is 2.31. The first-order valence-corrected chi connectivity index (χ1v) is 5.71. The van der Waals surface area contributed by atoms with Gasteiger partial charge in [-0.1, -0.05) is 18.2 Å². The van der Waals surface area contributed by atoms with Crippen molar-refractivity contribution in [2.45, 2.75) is 0 Å². The zero-order valence-corrected chi connectivity index (χ0v) is 10.3. The third-order valence-electron chi connectivity index (χ3n) is 2.51. The topological polar surface area (TPSA) is 102 Å². The molecule has 0 aliphatic carbocycles. The molecule has 0 saturated carbocycles. The molecule has 2 aromatic carbocycles. The van der Waals surface area contributed by atoms with Crippen LogP contribution in [-0.2, 0) is 0 Å². The van der Waals surface area contributed by atoms with Gasteiger partial charge in [-0.25, -0.2) is 5.43 Å². The molecule has 0 spiro atoms. The number of rotatable bonds is 3. The first kappa shape index (κ1) is 13.4. The molecule has 0 aliphatic rings. The molecule has 0 bridgehead atoms. The van der Waals surface area contributed by atoms with Crippen LogP contribution in [-0.4, -0.2) is 27.4 Å². The molecular weight excluding hydrogens is 260 g/mol. The van der Waals surface area contributed by atoms with Crippen LogP contribution in [0.15, 0.2) is 47.6 Å². The maximum atomic E-state index is 11.7. The van der Waals surface area contributed by atoms with E-state index >= 15 is 0 Å². The van der Waals surface area contributed by atoms with Gasteiger partial charge in [0.2, 0.25) is 0 Å². The van der Waals surface area contributed by atoms with Crippen LogP contribution in [0, 0.1) is 0 Å². The van der Waals surface area contributed by atoms with E-state index in [9.17, 15) is 20.1 Å². The summed E-state index contributed by atoms with van der Waals surface area (Å²) in [5, 5.41) is 31.8. The van der Waals surface area contributed by atoms with Gasteiger partial charge in [0.25, 0.3) is 5.91 Å². The molecule has 0 heterocycles. The summed E-state index contributed by atoms with van der Waals surface area (Å²) < 4.78 is 0. The van der Waals surface area contributed by atoms with Gasteiger partial charge in [0.05, 0.1) is 6.21 Å². The van der Waals surface area contributed by atoms with Crippen LogP contribution in [0.2, 0.25) is 0 Å². The second-order valence-corrected chi connectivity index (χ2v) is 3.97. The number of hydrogen-bond acceptors (Lipinski definition) is 5. The van der Waals surface area contributed by atoms with E-state index in [-0.39, 0.29) is 11.3 Å². The maximum absolute atomic E-state index is 11.7. The Morgan fingerprint density at radius 2 is 1.80 bits per heavy atom. The fourth-order valence-electron chi connectivity index (χ4n) is 1.54. The summed E-state index contributed by atoms with van der Waals surface area (Å²) in [6, 6.07) is 10.7. The van der Waals surface area contributed by atoms with Gasteiger partial charge in [0.15, 0.2) is 11.5 Å². The Kier molecular flexibility index (Phi) is 3.85. The number of nitrogens with zero attached hydrogens (tertiary/aromatic N) is 1. The Morgan fingerprint density at radius 3 is 2.50 bits per heavy atom. The number of phenolic OH excluding ortho intramolecular Hbond substituents is 3. The summed E-state index contributed by atoms with van der Waals surface area (Å²) in [5.74, 6) is -1.54. The van der Waals surface area contributed by atoms with Crippen molar-refractivity contribution < 1.29 is 20.1 Å². The number of hydrazone groups is 1. The van der Waals surface area contributed by atoms with Crippen LogP contribution in [0.1, 0.15) is 15.9 Å². The van der Waals surface area contributed by atoms with Crippen molar-refractivity contribution in [3.63, 3.8) is 0 Å². The summed E-state index contributed by atoms with van der Waals surface area (Å²) in [5.41, 5.74) is 2.79. The van der Waals surface area contributed by atoms with Crippen molar-refractivity contribution in [1.82, 2.24) is 5.43 Å². The fourth-order valence-corrected chi connectivity index (χ4v) is 1.54. The van der Waals surface area contributed by atoms with E-state index in [2.05, 4.69) is 10.5 Å². The molecule has 0 aliphatic heterocycles. The van der Waals surface area contributed by atoms with Crippen molar-refractivity contribution >= 4 is 12.1 Å². The lowest BCUT2D eigenvalue weighted by Crippen LogP contribution is -2.17. The van der Waals surface area contributed by atoms with Gasteiger partial charge in [-0.2, -0.15) is 5.10 Å². The van der Waals surface area contributed by atoms with Crippen molar-refractivity contribution in [2.75, 3.05) is 0 Å². The van der Waals surface area contributed by atoms with Crippen LogP contribution < -0.4 is 5.43 Å². The lowest BCUT2D eigenvalue weighted by atomic mass is 10.2. The van der Waals surface area contributed by atoms with E-state index in [1.54, 1.807) is 30.3 Å². The molecule has 1 amide bonds. The van der Waals surface area contributed by atoms with E-state index in [0.29, 0.717) is 5.56 Å². The van der Waals surface area contributed by atoms with Gasteiger partial charge in [0, 0.05) is 17.2 Å². The lowest BCUT2D eigenvalue weighted by Gasteiger charge is -2.03. The minimum absolute atomic E-state index is 0.0795. The third-order valence-corrected chi connectivity index (χ3v) is 2.51. The number of nitrogens with one attached hydrogen (secondary N) is 1. The molecule has 0 fully saturated rings. The third kappa shape index (κ3) is 3.05. The first-order valence-electron chi connectivity index (χ1n) is 5.71. The van der Waals surface area contributed by atoms with Gasteiger partial charge < -0.3 is 15.3 Å². The molecule has 0 unspecified atom stereocenters. The molecule has 0 saturated heterocycles. The normalized spacial score (nSPS) is 10.6. The summed E-state index contributed by atoms with van der Waals surface area (Å²) in [7, 11) is 0. The zero-order valence-electron chi connectivity index (χ0n) is 10.3. The molecule has 2 aromatic rings. The highest BCUT2D eigenvalue weighted by Gasteiger charge is 2.07. The maximum Gasteiger partial charge on any atom is 0.271 e. The van der Waals surface area contributed by atoms with E-state index < -0.39 is 17.4 Å². The standard InChI is InChI=1S/C14H12N2O4/c17-11-6-10(13(19)12(18)7-11)8-15-16-14(20)9-4-2-1-3-5-9/h1-8,17-19H,(H,16,20)/b15-8-. The number of carbonyl (C=O) groups is 1. The molecule has 6 heteroatoms. The van der Waals surface area contributed by atoms with Crippen molar-refractivity contribution in [3.05, 3.63) is 53.6 Å². The summed E-state index contributed by atoms with van der Waals surface area (Å²) in [6.07, 6.45) is 1.12. The average Bonchev–Trinajstić information content (AvgIpc) is 2.44. The minimum Gasteiger partial charge on any atom is -0.508 e. The monoisotopic (exact) mass is 272 g/mol. The van der Waals surface area contributed by atoms with Crippen LogP contribution in [0.5, 0.6) is 17.2 Å². The van der Waals surface area contributed by atoms with E-state index in [4.69, 9.17) is 0 Å². The van der Waals surface area contributed by atoms with Gasteiger partial charge in [-0.05, 0) is 18.2 Å². The molecule has 0 radical (unpaired) electrons. The Balaban J connectivity index is 2.10. The van der Waals surface area contributed by atoms with Gasteiger partial charge in [0.1, 0.15) is 5.75 Å². The molecule has 102 valence electrons. The van der Waals surface area contributed by atoms with Crippen molar-refractivity contribution in [2.24, 2.45) is 5.10 Å². The molecule has 6 nitrogen and oxygen atoms in total. The predicted molar refractivity (Wildman–Crippen MR) is 72.9 cm³/mol. The highest BCUT2D eigenvalue weighted by molar-refractivity contribution is 5.95. The fraction of sp³-hybridized carbons (Fsp3) is 0. The number of benzene rings is 2. The van der Waals surface area contributed by atoms with Gasteiger partial charge in [-0.3, -0.25) is 4.79 Å². The zero-order chi connectivity index (χ0) is 14.5. The quantitative estimate of drug-likeness (QED) is 0.295. The second kappa shape index (κ2) is 5.75. The van der Waals surface area contributed by atoms with Crippen LogP contribution in [0.25, 0.3) is 0 Å².